The molecule has 0 saturated carbocycles. The van der Waals surface area contributed by atoms with Gasteiger partial charge in [-0.1, -0.05) is 41.7 Å². The number of thiazole rings is 1. The Hall–Kier alpha value is -3.84. The number of nitrogens with zero attached hydrogens (tertiary/aromatic N) is 2. The summed E-state index contributed by atoms with van der Waals surface area (Å²) in [4.78, 5) is 18.2. The number of para-hydroxylation sites is 2. The number of hydrogen-bond acceptors (Lipinski definition) is 6. The molecule has 34 heavy (non-hydrogen) atoms. The molecule has 0 atom stereocenters. The van der Waals surface area contributed by atoms with Crippen LogP contribution in [0.1, 0.15) is 17.5 Å². The molecule has 0 aliphatic heterocycles. The summed E-state index contributed by atoms with van der Waals surface area (Å²) in [6.07, 6.45) is 2.60. The van der Waals surface area contributed by atoms with E-state index in [-0.39, 0.29) is 5.56 Å². The molecule has 0 radical (unpaired) electrons. The number of benzene rings is 3. The first kappa shape index (κ1) is 22.0. The SMILES string of the molecule is COc1cc(/C=c2\sc3nc4ccccc4n3c2=O)ccc1OCCCOc1cccc(C)c1. The van der Waals surface area contributed by atoms with E-state index in [1.54, 1.807) is 11.5 Å². The second kappa shape index (κ2) is 9.57. The average molecular weight is 473 g/mol. The van der Waals surface area contributed by atoms with E-state index in [0.29, 0.717) is 34.2 Å². The van der Waals surface area contributed by atoms with Crippen LogP contribution < -0.4 is 24.3 Å². The van der Waals surface area contributed by atoms with Gasteiger partial charge in [0.15, 0.2) is 16.5 Å². The molecule has 0 unspecified atom stereocenters. The fraction of sp³-hybridized carbons (Fsp3) is 0.185. The maximum Gasteiger partial charge on any atom is 0.274 e. The van der Waals surface area contributed by atoms with Crippen LogP contribution in [0.5, 0.6) is 17.2 Å². The van der Waals surface area contributed by atoms with Crippen LogP contribution in [0.25, 0.3) is 22.1 Å². The highest BCUT2D eigenvalue weighted by Gasteiger charge is 2.11. The molecular weight excluding hydrogens is 448 g/mol. The highest BCUT2D eigenvalue weighted by atomic mass is 32.1. The van der Waals surface area contributed by atoms with Crippen molar-refractivity contribution in [2.45, 2.75) is 13.3 Å². The van der Waals surface area contributed by atoms with E-state index < -0.39 is 0 Å². The molecule has 3 aromatic carbocycles. The first-order valence-corrected chi connectivity index (χ1v) is 11.9. The molecule has 7 heteroatoms. The van der Waals surface area contributed by atoms with Crippen molar-refractivity contribution in [2.24, 2.45) is 0 Å². The van der Waals surface area contributed by atoms with E-state index in [1.807, 2.05) is 79.7 Å². The number of hydrogen-bond donors (Lipinski definition) is 0. The molecule has 2 heterocycles. The predicted octanol–water partition coefficient (Wildman–Crippen LogP) is 4.62. The number of methoxy groups -OCH3 is 1. The van der Waals surface area contributed by atoms with Gasteiger partial charge in [-0.25, -0.2) is 9.38 Å². The summed E-state index contributed by atoms with van der Waals surface area (Å²) in [6, 6.07) is 21.3. The third kappa shape index (κ3) is 4.47. The van der Waals surface area contributed by atoms with Crippen molar-refractivity contribution in [3.05, 3.63) is 92.7 Å². The van der Waals surface area contributed by atoms with Crippen molar-refractivity contribution in [1.82, 2.24) is 9.38 Å². The van der Waals surface area contributed by atoms with Crippen molar-refractivity contribution in [1.29, 1.82) is 0 Å². The summed E-state index contributed by atoms with van der Waals surface area (Å²) < 4.78 is 19.5. The first-order valence-electron chi connectivity index (χ1n) is 11.0. The van der Waals surface area contributed by atoms with Gasteiger partial charge in [-0.15, -0.1) is 0 Å². The smallest absolute Gasteiger partial charge is 0.274 e. The molecule has 5 rings (SSSR count). The lowest BCUT2D eigenvalue weighted by Crippen LogP contribution is -2.22. The maximum absolute atomic E-state index is 13.0. The second-order valence-electron chi connectivity index (χ2n) is 7.91. The van der Waals surface area contributed by atoms with E-state index in [1.165, 1.54) is 16.9 Å². The summed E-state index contributed by atoms with van der Waals surface area (Å²) >= 11 is 1.38. The zero-order valence-electron chi connectivity index (χ0n) is 19.0. The zero-order chi connectivity index (χ0) is 23.5. The zero-order valence-corrected chi connectivity index (χ0v) is 19.8. The minimum Gasteiger partial charge on any atom is -0.493 e. The van der Waals surface area contributed by atoms with Gasteiger partial charge in [0.25, 0.3) is 5.56 Å². The highest BCUT2D eigenvalue weighted by Crippen LogP contribution is 2.28. The lowest BCUT2D eigenvalue weighted by Gasteiger charge is -2.12. The van der Waals surface area contributed by atoms with E-state index in [0.717, 1.165) is 28.8 Å². The van der Waals surface area contributed by atoms with Crippen LogP contribution in [0, 0.1) is 6.92 Å². The van der Waals surface area contributed by atoms with Gasteiger partial charge in [0.2, 0.25) is 0 Å². The summed E-state index contributed by atoms with van der Waals surface area (Å²) in [5.41, 5.74) is 3.61. The van der Waals surface area contributed by atoms with Crippen molar-refractivity contribution < 1.29 is 14.2 Å². The Balaban J connectivity index is 1.28. The van der Waals surface area contributed by atoms with Crippen molar-refractivity contribution >= 4 is 33.4 Å². The molecule has 0 bridgehead atoms. The lowest BCUT2D eigenvalue weighted by atomic mass is 10.2. The minimum absolute atomic E-state index is 0.0680. The van der Waals surface area contributed by atoms with Crippen molar-refractivity contribution in [3.63, 3.8) is 0 Å². The lowest BCUT2D eigenvalue weighted by molar-refractivity contribution is 0.240. The monoisotopic (exact) mass is 472 g/mol. The summed E-state index contributed by atoms with van der Waals surface area (Å²) in [5.74, 6) is 2.14. The molecule has 2 aromatic heterocycles. The molecule has 0 spiro atoms. The van der Waals surface area contributed by atoms with Crippen LogP contribution >= 0.6 is 11.3 Å². The van der Waals surface area contributed by atoms with Crippen LogP contribution in [0.15, 0.2) is 71.5 Å². The van der Waals surface area contributed by atoms with Crippen LogP contribution in [-0.2, 0) is 0 Å². The number of imidazole rings is 1. The Morgan fingerprint density at radius 2 is 1.82 bits per heavy atom. The highest BCUT2D eigenvalue weighted by molar-refractivity contribution is 7.15. The van der Waals surface area contributed by atoms with E-state index >= 15 is 0 Å². The molecule has 0 aliphatic rings. The van der Waals surface area contributed by atoms with Crippen molar-refractivity contribution in [2.75, 3.05) is 20.3 Å². The Morgan fingerprint density at radius 1 is 0.971 bits per heavy atom. The number of ether oxygens (including phenoxy) is 3. The van der Waals surface area contributed by atoms with Gasteiger partial charge in [-0.05, 0) is 60.5 Å². The minimum atomic E-state index is -0.0680. The maximum atomic E-state index is 13.0. The molecule has 5 aromatic rings. The Kier molecular flexibility index (Phi) is 6.18. The average Bonchev–Trinajstić information content (AvgIpc) is 3.35. The summed E-state index contributed by atoms with van der Waals surface area (Å²) in [5, 5.41) is 0. The van der Waals surface area contributed by atoms with Gasteiger partial charge in [0, 0.05) is 6.42 Å². The van der Waals surface area contributed by atoms with E-state index in [2.05, 4.69) is 4.98 Å². The molecule has 0 N–H and O–H groups in total. The van der Waals surface area contributed by atoms with E-state index in [4.69, 9.17) is 14.2 Å². The standard InChI is InChI=1S/C27H24N2O4S/c1-18-7-5-8-20(15-18)32-13-6-14-33-23-12-11-19(16-24(23)31-2)17-25-26(30)29-22-10-4-3-9-21(22)28-27(29)34-25/h3-5,7-12,15-17H,6,13-14H2,1-2H3/b25-17-. The first-order chi connectivity index (χ1) is 16.6. The number of aryl methyl sites for hydroxylation is 1. The Bertz CT molecular complexity index is 1570. The van der Waals surface area contributed by atoms with Gasteiger partial charge in [0.05, 0.1) is 35.9 Å². The van der Waals surface area contributed by atoms with Crippen LogP contribution in [0.4, 0.5) is 0 Å². The molecule has 0 amide bonds. The number of fused-ring (bicyclic) bond motifs is 3. The molecular formula is C27H24N2O4S. The molecule has 0 saturated heterocycles. The van der Waals surface area contributed by atoms with Gasteiger partial charge in [-0.2, -0.15) is 0 Å². The fourth-order valence-electron chi connectivity index (χ4n) is 3.79. The number of rotatable bonds is 8. The number of aromatic nitrogens is 2. The normalized spacial score (nSPS) is 11.9. The van der Waals surface area contributed by atoms with Gasteiger partial charge in [-0.3, -0.25) is 4.79 Å². The van der Waals surface area contributed by atoms with Gasteiger partial charge in [0.1, 0.15) is 5.75 Å². The Morgan fingerprint density at radius 3 is 2.68 bits per heavy atom. The van der Waals surface area contributed by atoms with Crippen molar-refractivity contribution in [3.8, 4) is 17.2 Å². The van der Waals surface area contributed by atoms with Crippen LogP contribution in [-0.4, -0.2) is 29.7 Å². The third-order valence-corrected chi connectivity index (χ3v) is 6.40. The van der Waals surface area contributed by atoms with E-state index in [9.17, 15) is 4.79 Å². The summed E-state index contributed by atoms with van der Waals surface area (Å²) in [7, 11) is 1.61. The van der Waals surface area contributed by atoms with Gasteiger partial charge >= 0.3 is 0 Å². The molecule has 0 aliphatic carbocycles. The predicted molar refractivity (Wildman–Crippen MR) is 135 cm³/mol. The largest absolute Gasteiger partial charge is 0.493 e. The second-order valence-corrected chi connectivity index (χ2v) is 8.92. The Labute approximate surface area is 200 Å². The molecule has 6 nitrogen and oxygen atoms in total. The topological polar surface area (TPSA) is 62.1 Å². The molecule has 0 fully saturated rings. The van der Waals surface area contributed by atoms with Crippen LogP contribution in [0.3, 0.4) is 0 Å². The van der Waals surface area contributed by atoms with Crippen LogP contribution in [0.2, 0.25) is 0 Å². The quantitative estimate of drug-likeness (QED) is 0.308. The van der Waals surface area contributed by atoms with Gasteiger partial charge < -0.3 is 14.2 Å². The third-order valence-electron chi connectivity index (χ3n) is 5.44. The fourth-order valence-corrected chi connectivity index (χ4v) is 4.78. The summed E-state index contributed by atoms with van der Waals surface area (Å²) in [6.45, 7) is 3.11. The molecule has 172 valence electrons.